The topological polar surface area (TPSA) is 20.2 Å². The molecule has 0 aliphatic carbocycles. The summed E-state index contributed by atoms with van der Waals surface area (Å²) >= 11 is 0. The molecule has 1 nitrogen and oxygen atoms in total. The van der Waals surface area contributed by atoms with Gasteiger partial charge in [-0.1, -0.05) is 36.1 Å². The predicted octanol–water partition coefficient (Wildman–Crippen LogP) is 1.66. The van der Waals surface area contributed by atoms with Crippen molar-refractivity contribution in [3.63, 3.8) is 0 Å². The summed E-state index contributed by atoms with van der Waals surface area (Å²) in [4.78, 5) is 0. The molecular formula is C10H13BO. The van der Waals surface area contributed by atoms with Gasteiger partial charge in [-0.2, -0.15) is 0 Å². The lowest BCUT2D eigenvalue weighted by atomic mass is 9.86. The number of benzene rings is 1. The largest absolute Gasteiger partial charge is 0.396 e. The second-order valence-electron chi connectivity index (χ2n) is 3.03. The lowest BCUT2D eigenvalue weighted by molar-refractivity contribution is 0.273. The Labute approximate surface area is 74.8 Å². The van der Waals surface area contributed by atoms with E-state index in [1.165, 1.54) is 5.56 Å². The Balaban J connectivity index is 2.80. The molecule has 0 saturated carbocycles. The van der Waals surface area contributed by atoms with Crippen molar-refractivity contribution < 1.29 is 5.11 Å². The highest BCUT2D eigenvalue weighted by atomic mass is 16.3. The zero-order valence-electron chi connectivity index (χ0n) is 7.33. The fourth-order valence-corrected chi connectivity index (χ4v) is 1.15. The van der Waals surface area contributed by atoms with Crippen LogP contribution in [-0.2, 0) is 0 Å². The van der Waals surface area contributed by atoms with Crippen molar-refractivity contribution in [3.05, 3.63) is 35.4 Å². The van der Waals surface area contributed by atoms with Crippen molar-refractivity contribution in [2.75, 3.05) is 6.61 Å². The van der Waals surface area contributed by atoms with Gasteiger partial charge in [0.15, 0.2) is 0 Å². The average Bonchev–Trinajstić information content (AvgIpc) is 2.10. The molecule has 0 aromatic heterocycles. The molecule has 1 rings (SSSR count). The lowest BCUT2D eigenvalue weighted by Crippen LogP contribution is -2.02. The van der Waals surface area contributed by atoms with Crippen LogP contribution in [-0.4, -0.2) is 19.6 Å². The Bertz CT molecular complexity index is 226. The van der Waals surface area contributed by atoms with E-state index in [2.05, 4.69) is 0 Å². The molecule has 1 N–H and O–H groups in total. The first kappa shape index (κ1) is 9.33. The lowest BCUT2D eigenvalue weighted by Gasteiger charge is -2.11. The first-order valence-electron chi connectivity index (χ1n) is 4.15. The van der Waals surface area contributed by atoms with Crippen molar-refractivity contribution in [1.82, 2.24) is 0 Å². The van der Waals surface area contributed by atoms with Crippen LogP contribution in [0.15, 0.2) is 24.3 Å². The van der Waals surface area contributed by atoms with Crippen LogP contribution in [0, 0.1) is 6.92 Å². The van der Waals surface area contributed by atoms with Crippen LogP contribution >= 0.6 is 0 Å². The third-order valence-corrected chi connectivity index (χ3v) is 2.05. The summed E-state index contributed by atoms with van der Waals surface area (Å²) in [5.41, 5.74) is 2.35. The Kier molecular flexibility index (Phi) is 3.36. The molecule has 1 aromatic carbocycles. The molecule has 0 aliphatic rings. The van der Waals surface area contributed by atoms with Crippen LogP contribution in [0.25, 0.3) is 0 Å². The van der Waals surface area contributed by atoms with Gasteiger partial charge in [0, 0.05) is 6.61 Å². The number of aliphatic hydroxyl groups excluding tert-OH is 1. The Hall–Kier alpha value is -0.755. The Morgan fingerprint density at radius 3 is 2.33 bits per heavy atom. The van der Waals surface area contributed by atoms with Gasteiger partial charge in [0.25, 0.3) is 0 Å². The maximum absolute atomic E-state index is 8.97. The fraction of sp³-hybridized carbons (Fsp3) is 0.400. The third-order valence-electron chi connectivity index (χ3n) is 2.05. The minimum atomic E-state index is 0.0885. The van der Waals surface area contributed by atoms with Crippen LogP contribution in [0.4, 0.5) is 0 Å². The molecular weight excluding hydrogens is 147 g/mol. The van der Waals surface area contributed by atoms with Gasteiger partial charge in [-0.05, 0) is 18.4 Å². The highest BCUT2D eigenvalue weighted by Crippen LogP contribution is 2.18. The molecule has 0 saturated heterocycles. The van der Waals surface area contributed by atoms with Gasteiger partial charge in [0.05, 0.1) is 7.85 Å². The average molecular weight is 160 g/mol. The van der Waals surface area contributed by atoms with Crippen molar-refractivity contribution >= 4 is 7.85 Å². The Morgan fingerprint density at radius 1 is 1.33 bits per heavy atom. The number of hydrogen-bond donors (Lipinski definition) is 1. The minimum Gasteiger partial charge on any atom is -0.396 e. The van der Waals surface area contributed by atoms with E-state index in [-0.39, 0.29) is 12.5 Å². The minimum absolute atomic E-state index is 0.0885. The molecule has 0 spiro atoms. The van der Waals surface area contributed by atoms with E-state index in [4.69, 9.17) is 13.0 Å². The van der Waals surface area contributed by atoms with Crippen LogP contribution < -0.4 is 0 Å². The molecule has 0 amide bonds. The zero-order valence-corrected chi connectivity index (χ0v) is 7.33. The number of aliphatic hydroxyl groups is 1. The summed E-state index contributed by atoms with van der Waals surface area (Å²) in [6.45, 7) is 2.17. The van der Waals surface area contributed by atoms with Gasteiger partial charge in [0.2, 0.25) is 0 Å². The fourth-order valence-electron chi connectivity index (χ4n) is 1.15. The summed E-state index contributed by atoms with van der Waals surface area (Å²) in [7, 11) is 5.49. The van der Waals surface area contributed by atoms with Crippen LogP contribution in [0.1, 0.15) is 17.0 Å². The maximum Gasteiger partial charge on any atom is 0.0662 e. The molecule has 0 aliphatic heterocycles. The number of aryl methyl sites for hydroxylation is 1. The van der Waals surface area contributed by atoms with Gasteiger partial charge >= 0.3 is 0 Å². The molecule has 1 unspecified atom stereocenters. The molecule has 1 aromatic rings. The second kappa shape index (κ2) is 4.32. The van der Waals surface area contributed by atoms with E-state index in [1.807, 2.05) is 31.2 Å². The van der Waals surface area contributed by atoms with Crippen molar-refractivity contribution in [2.45, 2.75) is 19.2 Å². The normalized spacial score (nSPS) is 12.8. The SMILES string of the molecule is [B]CC(CO)c1ccc(C)cc1. The Morgan fingerprint density at radius 2 is 1.92 bits per heavy atom. The molecule has 62 valence electrons. The van der Waals surface area contributed by atoms with Crippen LogP contribution in [0.3, 0.4) is 0 Å². The van der Waals surface area contributed by atoms with Gasteiger partial charge in [-0.15, -0.1) is 0 Å². The molecule has 1 atom stereocenters. The quantitative estimate of drug-likeness (QED) is 0.666. The van der Waals surface area contributed by atoms with E-state index in [0.29, 0.717) is 6.32 Å². The summed E-state index contributed by atoms with van der Waals surface area (Å²) < 4.78 is 0. The van der Waals surface area contributed by atoms with E-state index in [9.17, 15) is 0 Å². The van der Waals surface area contributed by atoms with E-state index >= 15 is 0 Å². The monoisotopic (exact) mass is 160 g/mol. The molecule has 2 heteroatoms. The molecule has 0 heterocycles. The zero-order chi connectivity index (χ0) is 8.97. The highest BCUT2D eigenvalue weighted by molar-refractivity contribution is 6.09. The molecule has 0 bridgehead atoms. The maximum atomic E-state index is 8.97. The van der Waals surface area contributed by atoms with Crippen molar-refractivity contribution in [2.24, 2.45) is 0 Å². The van der Waals surface area contributed by atoms with Gasteiger partial charge in [-0.25, -0.2) is 0 Å². The van der Waals surface area contributed by atoms with E-state index < -0.39 is 0 Å². The summed E-state index contributed by atoms with van der Waals surface area (Å²) in [5.74, 6) is 0.0885. The molecule has 12 heavy (non-hydrogen) atoms. The first-order chi connectivity index (χ1) is 5.77. The number of hydrogen-bond acceptors (Lipinski definition) is 1. The third kappa shape index (κ3) is 2.11. The van der Waals surface area contributed by atoms with Crippen molar-refractivity contribution in [3.8, 4) is 0 Å². The van der Waals surface area contributed by atoms with Gasteiger partial charge in [-0.3, -0.25) is 0 Å². The van der Waals surface area contributed by atoms with Gasteiger partial charge < -0.3 is 5.11 Å². The van der Waals surface area contributed by atoms with Crippen LogP contribution in [0.5, 0.6) is 0 Å². The second-order valence-corrected chi connectivity index (χ2v) is 3.03. The highest BCUT2D eigenvalue weighted by Gasteiger charge is 2.05. The summed E-state index contributed by atoms with van der Waals surface area (Å²) in [5, 5.41) is 8.97. The summed E-state index contributed by atoms with van der Waals surface area (Å²) in [6.07, 6.45) is 0.500. The summed E-state index contributed by atoms with van der Waals surface area (Å²) in [6, 6.07) is 8.10. The smallest absolute Gasteiger partial charge is 0.0662 e. The van der Waals surface area contributed by atoms with Gasteiger partial charge in [0.1, 0.15) is 0 Å². The van der Waals surface area contributed by atoms with E-state index in [0.717, 1.165) is 5.56 Å². The van der Waals surface area contributed by atoms with E-state index in [1.54, 1.807) is 0 Å². The van der Waals surface area contributed by atoms with Crippen LogP contribution in [0.2, 0.25) is 6.32 Å². The predicted molar refractivity (Wildman–Crippen MR) is 51.6 cm³/mol. The van der Waals surface area contributed by atoms with Crippen molar-refractivity contribution in [1.29, 1.82) is 0 Å². The molecule has 0 fully saturated rings. The standard InChI is InChI=1S/C10H13BO/c1-8-2-4-9(5-3-8)10(6-11)7-12/h2-5,10,12H,6-7H2,1H3. The first-order valence-corrected chi connectivity index (χ1v) is 4.15. The number of rotatable bonds is 3. The molecule has 2 radical (unpaired) electrons.